The zero-order chi connectivity index (χ0) is 9.80. The lowest BCUT2D eigenvalue weighted by Crippen LogP contribution is -2.22. The number of rotatable bonds is 2. The Balaban J connectivity index is 1.89. The van der Waals surface area contributed by atoms with E-state index in [4.69, 9.17) is 4.52 Å². The Morgan fingerprint density at radius 2 is 2.43 bits per heavy atom. The molecule has 0 bridgehead atoms. The maximum Gasteiger partial charge on any atom is 0.223 e. The highest BCUT2D eigenvalue weighted by Gasteiger charge is 2.15. The molecule has 1 unspecified atom stereocenters. The molecule has 1 saturated heterocycles. The van der Waals surface area contributed by atoms with E-state index < -0.39 is 0 Å². The maximum absolute atomic E-state index is 4.96. The van der Waals surface area contributed by atoms with E-state index in [1.165, 1.54) is 19.3 Å². The highest BCUT2D eigenvalue weighted by molar-refractivity contribution is 4.87. The van der Waals surface area contributed by atoms with E-state index in [0.29, 0.717) is 11.8 Å². The van der Waals surface area contributed by atoms with E-state index in [1.807, 2.05) is 6.92 Å². The minimum Gasteiger partial charge on any atom is -0.340 e. The number of nitrogens with zero attached hydrogens (tertiary/aromatic N) is 2. The molecule has 1 aliphatic rings. The molecular weight excluding hydrogens is 178 g/mol. The van der Waals surface area contributed by atoms with Crippen LogP contribution in [-0.2, 0) is 6.42 Å². The molecule has 4 heteroatoms. The lowest BCUT2D eigenvalue weighted by Gasteiger charge is -2.10. The molecule has 14 heavy (non-hydrogen) atoms. The molecule has 0 radical (unpaired) electrons. The first-order chi connectivity index (χ1) is 6.84. The van der Waals surface area contributed by atoms with E-state index in [1.54, 1.807) is 0 Å². The lowest BCUT2D eigenvalue weighted by molar-refractivity contribution is 0.379. The SMILES string of the molecule is Cc1nc(CC2CCCCNC2)no1. The molecule has 1 aromatic rings. The summed E-state index contributed by atoms with van der Waals surface area (Å²) in [6, 6.07) is 0. The molecule has 1 aromatic heterocycles. The van der Waals surface area contributed by atoms with Gasteiger partial charge in [-0.2, -0.15) is 4.98 Å². The van der Waals surface area contributed by atoms with Gasteiger partial charge in [-0.15, -0.1) is 0 Å². The summed E-state index contributed by atoms with van der Waals surface area (Å²) in [7, 11) is 0. The van der Waals surface area contributed by atoms with Crippen molar-refractivity contribution < 1.29 is 4.52 Å². The first kappa shape index (κ1) is 9.65. The minimum absolute atomic E-state index is 0.668. The third-order valence-corrected chi connectivity index (χ3v) is 2.69. The minimum atomic E-state index is 0.668. The van der Waals surface area contributed by atoms with Gasteiger partial charge < -0.3 is 9.84 Å². The van der Waals surface area contributed by atoms with Gasteiger partial charge in [-0.3, -0.25) is 0 Å². The van der Waals surface area contributed by atoms with Gasteiger partial charge in [-0.05, 0) is 31.8 Å². The Morgan fingerprint density at radius 1 is 1.50 bits per heavy atom. The normalized spacial score (nSPS) is 23.4. The van der Waals surface area contributed by atoms with E-state index in [-0.39, 0.29) is 0 Å². The van der Waals surface area contributed by atoms with E-state index >= 15 is 0 Å². The van der Waals surface area contributed by atoms with Crippen LogP contribution in [0.5, 0.6) is 0 Å². The zero-order valence-electron chi connectivity index (χ0n) is 8.62. The predicted octanol–water partition coefficient (Wildman–Crippen LogP) is 1.31. The zero-order valence-corrected chi connectivity index (χ0v) is 8.62. The van der Waals surface area contributed by atoms with Gasteiger partial charge in [0.25, 0.3) is 0 Å². The van der Waals surface area contributed by atoms with Crippen LogP contribution >= 0.6 is 0 Å². The Kier molecular flexibility index (Phi) is 3.14. The highest BCUT2D eigenvalue weighted by Crippen LogP contribution is 2.15. The fourth-order valence-electron chi connectivity index (χ4n) is 1.95. The maximum atomic E-state index is 4.96. The molecule has 0 saturated carbocycles. The molecule has 2 rings (SSSR count). The van der Waals surface area contributed by atoms with Crippen molar-refractivity contribution in [2.75, 3.05) is 13.1 Å². The van der Waals surface area contributed by atoms with Crippen LogP contribution in [0.2, 0.25) is 0 Å². The largest absolute Gasteiger partial charge is 0.340 e. The van der Waals surface area contributed by atoms with Gasteiger partial charge in [0.1, 0.15) is 0 Å². The van der Waals surface area contributed by atoms with Gasteiger partial charge in [-0.1, -0.05) is 11.6 Å². The van der Waals surface area contributed by atoms with Crippen LogP contribution in [0.15, 0.2) is 4.52 Å². The Morgan fingerprint density at radius 3 is 3.21 bits per heavy atom. The van der Waals surface area contributed by atoms with Crippen LogP contribution in [0.4, 0.5) is 0 Å². The summed E-state index contributed by atoms with van der Waals surface area (Å²) >= 11 is 0. The van der Waals surface area contributed by atoms with Gasteiger partial charge >= 0.3 is 0 Å². The summed E-state index contributed by atoms with van der Waals surface area (Å²) in [5, 5.41) is 7.36. The monoisotopic (exact) mass is 195 g/mol. The molecule has 1 N–H and O–H groups in total. The van der Waals surface area contributed by atoms with Crippen LogP contribution in [0, 0.1) is 12.8 Å². The van der Waals surface area contributed by atoms with Crippen LogP contribution in [-0.4, -0.2) is 23.2 Å². The van der Waals surface area contributed by atoms with Gasteiger partial charge in [-0.25, -0.2) is 0 Å². The standard InChI is InChI=1S/C10H17N3O/c1-8-12-10(13-14-8)6-9-4-2-3-5-11-7-9/h9,11H,2-7H2,1H3. The van der Waals surface area contributed by atoms with Gasteiger partial charge in [0.15, 0.2) is 5.82 Å². The first-order valence-corrected chi connectivity index (χ1v) is 5.34. The quantitative estimate of drug-likeness (QED) is 0.773. The molecular formula is C10H17N3O. The average molecular weight is 195 g/mol. The first-order valence-electron chi connectivity index (χ1n) is 5.34. The number of aryl methyl sites for hydroxylation is 1. The number of aromatic nitrogens is 2. The molecule has 78 valence electrons. The summed E-state index contributed by atoms with van der Waals surface area (Å²) in [6.45, 7) is 4.08. The van der Waals surface area contributed by atoms with Crippen molar-refractivity contribution >= 4 is 0 Å². The summed E-state index contributed by atoms with van der Waals surface area (Å²) in [4.78, 5) is 4.23. The molecule has 1 aliphatic heterocycles. The summed E-state index contributed by atoms with van der Waals surface area (Å²) in [5.41, 5.74) is 0. The summed E-state index contributed by atoms with van der Waals surface area (Å²) in [6.07, 6.45) is 4.83. The van der Waals surface area contributed by atoms with Crippen molar-refractivity contribution in [2.45, 2.75) is 32.6 Å². The Labute approximate surface area is 84.1 Å². The molecule has 0 amide bonds. The Hall–Kier alpha value is -0.900. The van der Waals surface area contributed by atoms with Crippen molar-refractivity contribution in [3.8, 4) is 0 Å². The summed E-state index contributed by atoms with van der Waals surface area (Å²) in [5.74, 6) is 2.20. The highest BCUT2D eigenvalue weighted by atomic mass is 16.5. The topological polar surface area (TPSA) is 51.0 Å². The average Bonchev–Trinajstić information content (AvgIpc) is 2.43. The van der Waals surface area contributed by atoms with Gasteiger partial charge in [0, 0.05) is 13.3 Å². The molecule has 0 aliphatic carbocycles. The van der Waals surface area contributed by atoms with Crippen LogP contribution in [0.3, 0.4) is 0 Å². The van der Waals surface area contributed by atoms with Crippen LogP contribution in [0.1, 0.15) is 31.0 Å². The van der Waals surface area contributed by atoms with Crippen molar-refractivity contribution in [2.24, 2.45) is 5.92 Å². The number of hydrogen-bond acceptors (Lipinski definition) is 4. The molecule has 2 heterocycles. The lowest BCUT2D eigenvalue weighted by atomic mass is 10.00. The van der Waals surface area contributed by atoms with E-state index in [0.717, 1.165) is 25.3 Å². The fourth-order valence-corrected chi connectivity index (χ4v) is 1.95. The van der Waals surface area contributed by atoms with E-state index in [2.05, 4.69) is 15.5 Å². The fraction of sp³-hybridized carbons (Fsp3) is 0.800. The van der Waals surface area contributed by atoms with Crippen LogP contribution in [0.25, 0.3) is 0 Å². The Bertz CT molecular complexity index is 277. The summed E-state index contributed by atoms with van der Waals surface area (Å²) < 4.78 is 4.96. The second-order valence-corrected chi connectivity index (χ2v) is 4.00. The molecule has 1 fully saturated rings. The third-order valence-electron chi connectivity index (χ3n) is 2.69. The second kappa shape index (κ2) is 4.55. The van der Waals surface area contributed by atoms with Crippen molar-refractivity contribution in [1.29, 1.82) is 0 Å². The second-order valence-electron chi connectivity index (χ2n) is 4.00. The predicted molar refractivity (Wildman–Crippen MR) is 52.9 cm³/mol. The van der Waals surface area contributed by atoms with Crippen molar-refractivity contribution in [3.05, 3.63) is 11.7 Å². The van der Waals surface area contributed by atoms with Crippen LogP contribution < -0.4 is 5.32 Å². The van der Waals surface area contributed by atoms with Crippen molar-refractivity contribution in [3.63, 3.8) is 0 Å². The number of hydrogen-bond donors (Lipinski definition) is 1. The third kappa shape index (κ3) is 2.54. The molecule has 0 aromatic carbocycles. The molecule has 1 atom stereocenters. The van der Waals surface area contributed by atoms with Crippen molar-refractivity contribution in [1.82, 2.24) is 15.5 Å². The molecule has 4 nitrogen and oxygen atoms in total. The van der Waals surface area contributed by atoms with Gasteiger partial charge in [0.05, 0.1) is 0 Å². The number of nitrogens with one attached hydrogen (secondary N) is 1. The smallest absolute Gasteiger partial charge is 0.223 e. The van der Waals surface area contributed by atoms with E-state index in [9.17, 15) is 0 Å². The van der Waals surface area contributed by atoms with Gasteiger partial charge in [0.2, 0.25) is 5.89 Å². The molecule has 0 spiro atoms.